The SMILES string of the molecule is O=C1C=CC=C(O)C1[N+](=O)[O-]. The number of carbonyl (C=O) groups is 1. The van der Waals surface area contributed by atoms with Gasteiger partial charge in [0.15, 0.2) is 5.76 Å². The average Bonchev–Trinajstić information content (AvgIpc) is 1.85. The number of hydrogen-bond acceptors (Lipinski definition) is 4. The van der Waals surface area contributed by atoms with Gasteiger partial charge in [-0.1, -0.05) is 6.08 Å². The highest BCUT2D eigenvalue weighted by Crippen LogP contribution is 2.09. The maximum atomic E-state index is 10.7. The molecule has 5 heteroatoms. The van der Waals surface area contributed by atoms with Gasteiger partial charge in [-0.15, -0.1) is 0 Å². The van der Waals surface area contributed by atoms with Crippen LogP contribution < -0.4 is 0 Å². The van der Waals surface area contributed by atoms with Crippen molar-refractivity contribution in [1.82, 2.24) is 0 Å². The molecule has 1 rings (SSSR count). The van der Waals surface area contributed by atoms with Crippen LogP contribution in [0.4, 0.5) is 0 Å². The fourth-order valence-electron chi connectivity index (χ4n) is 0.781. The Morgan fingerprint density at radius 3 is 2.64 bits per heavy atom. The van der Waals surface area contributed by atoms with Crippen molar-refractivity contribution in [3.05, 3.63) is 34.1 Å². The molecule has 0 radical (unpaired) electrons. The molecular formula is C6H5NO4. The highest BCUT2D eigenvalue weighted by Gasteiger charge is 2.33. The van der Waals surface area contributed by atoms with Gasteiger partial charge in [0.1, 0.15) is 0 Å². The molecule has 0 aromatic heterocycles. The third-order valence-electron chi connectivity index (χ3n) is 1.29. The Balaban J connectivity index is 2.95. The zero-order valence-corrected chi connectivity index (χ0v) is 5.43. The minimum atomic E-state index is -1.60. The van der Waals surface area contributed by atoms with Gasteiger partial charge in [0.05, 0.1) is 0 Å². The van der Waals surface area contributed by atoms with Gasteiger partial charge in [-0.25, -0.2) is 0 Å². The highest BCUT2D eigenvalue weighted by atomic mass is 16.6. The van der Waals surface area contributed by atoms with Crippen molar-refractivity contribution in [2.75, 3.05) is 0 Å². The molecule has 0 aromatic carbocycles. The van der Waals surface area contributed by atoms with Crippen molar-refractivity contribution in [3.63, 3.8) is 0 Å². The van der Waals surface area contributed by atoms with E-state index < -0.39 is 22.5 Å². The Hall–Kier alpha value is -1.65. The monoisotopic (exact) mass is 155 g/mol. The van der Waals surface area contributed by atoms with E-state index in [2.05, 4.69) is 0 Å². The van der Waals surface area contributed by atoms with E-state index in [-0.39, 0.29) is 0 Å². The molecule has 1 aliphatic carbocycles. The lowest BCUT2D eigenvalue weighted by atomic mass is 10.1. The summed E-state index contributed by atoms with van der Waals surface area (Å²) >= 11 is 0. The second kappa shape index (κ2) is 2.53. The molecule has 11 heavy (non-hydrogen) atoms. The molecule has 1 atom stereocenters. The summed E-state index contributed by atoms with van der Waals surface area (Å²) in [5.74, 6) is -1.21. The zero-order chi connectivity index (χ0) is 8.43. The summed E-state index contributed by atoms with van der Waals surface area (Å²) in [4.78, 5) is 20.0. The number of aliphatic hydroxyl groups is 1. The maximum Gasteiger partial charge on any atom is 0.329 e. The maximum absolute atomic E-state index is 10.7. The molecule has 0 aliphatic heterocycles. The molecule has 0 amide bonds. The van der Waals surface area contributed by atoms with E-state index in [9.17, 15) is 14.9 Å². The Bertz CT molecular complexity index is 266. The molecule has 1 N–H and O–H groups in total. The van der Waals surface area contributed by atoms with Gasteiger partial charge in [-0.2, -0.15) is 0 Å². The Labute approximate surface area is 61.8 Å². The standard InChI is InChI=1S/C6H5NO4/c8-4-2-1-3-5(9)6(4)7(10)11/h1-3,6,8H. The van der Waals surface area contributed by atoms with Gasteiger partial charge in [0.25, 0.3) is 0 Å². The fraction of sp³-hybridized carbons (Fsp3) is 0.167. The summed E-state index contributed by atoms with van der Waals surface area (Å²) in [7, 11) is 0. The van der Waals surface area contributed by atoms with E-state index >= 15 is 0 Å². The van der Waals surface area contributed by atoms with Crippen molar-refractivity contribution in [3.8, 4) is 0 Å². The van der Waals surface area contributed by atoms with Crippen LogP contribution in [-0.2, 0) is 4.79 Å². The number of allylic oxidation sites excluding steroid dienone is 2. The number of rotatable bonds is 1. The van der Waals surface area contributed by atoms with Gasteiger partial charge >= 0.3 is 6.04 Å². The molecule has 0 spiro atoms. The number of aliphatic hydroxyl groups excluding tert-OH is 1. The van der Waals surface area contributed by atoms with E-state index in [1.54, 1.807) is 0 Å². The Kier molecular flexibility index (Phi) is 1.72. The average molecular weight is 155 g/mol. The third-order valence-corrected chi connectivity index (χ3v) is 1.29. The van der Waals surface area contributed by atoms with Crippen molar-refractivity contribution in [1.29, 1.82) is 0 Å². The first-order valence-electron chi connectivity index (χ1n) is 2.87. The van der Waals surface area contributed by atoms with Crippen LogP contribution in [-0.4, -0.2) is 21.9 Å². The van der Waals surface area contributed by atoms with Crippen LogP contribution in [0.1, 0.15) is 0 Å². The number of carbonyl (C=O) groups excluding carboxylic acids is 1. The van der Waals surface area contributed by atoms with Crippen molar-refractivity contribution in [2.24, 2.45) is 0 Å². The van der Waals surface area contributed by atoms with E-state index in [1.807, 2.05) is 0 Å². The third kappa shape index (κ3) is 1.26. The Morgan fingerprint density at radius 2 is 2.27 bits per heavy atom. The van der Waals surface area contributed by atoms with Crippen molar-refractivity contribution >= 4 is 5.78 Å². The van der Waals surface area contributed by atoms with Gasteiger partial charge in [0.2, 0.25) is 5.78 Å². The molecule has 0 bridgehead atoms. The first kappa shape index (κ1) is 7.46. The predicted molar refractivity (Wildman–Crippen MR) is 35.6 cm³/mol. The zero-order valence-electron chi connectivity index (χ0n) is 5.43. The summed E-state index contributed by atoms with van der Waals surface area (Å²) in [6.07, 6.45) is 3.47. The summed E-state index contributed by atoms with van der Waals surface area (Å²) in [6.45, 7) is 0. The van der Waals surface area contributed by atoms with Crippen LogP contribution in [0.25, 0.3) is 0 Å². The van der Waals surface area contributed by atoms with E-state index in [4.69, 9.17) is 5.11 Å². The lowest BCUT2D eigenvalue weighted by Gasteiger charge is -2.06. The number of ketones is 1. The van der Waals surface area contributed by atoms with Crippen LogP contribution in [0.3, 0.4) is 0 Å². The molecule has 0 heterocycles. The molecule has 0 fully saturated rings. The molecule has 1 unspecified atom stereocenters. The molecular weight excluding hydrogens is 150 g/mol. The van der Waals surface area contributed by atoms with Crippen molar-refractivity contribution in [2.45, 2.75) is 6.04 Å². The summed E-state index contributed by atoms with van der Waals surface area (Å²) < 4.78 is 0. The van der Waals surface area contributed by atoms with Crippen LogP contribution >= 0.6 is 0 Å². The first-order chi connectivity index (χ1) is 5.13. The molecule has 0 saturated heterocycles. The van der Waals surface area contributed by atoms with Gasteiger partial charge < -0.3 is 5.11 Å². The fourth-order valence-corrected chi connectivity index (χ4v) is 0.781. The number of nitro groups is 1. The molecule has 0 aromatic rings. The predicted octanol–water partition coefficient (Wildman–Crippen LogP) is 0.212. The normalized spacial score (nSPS) is 23.1. The van der Waals surface area contributed by atoms with E-state index in [1.165, 1.54) is 6.08 Å². The molecule has 1 aliphatic rings. The minimum absolute atomic E-state index is 0.512. The van der Waals surface area contributed by atoms with E-state index in [0.717, 1.165) is 12.2 Å². The number of nitrogens with zero attached hydrogens (tertiary/aromatic N) is 1. The van der Waals surface area contributed by atoms with Crippen molar-refractivity contribution < 1.29 is 14.8 Å². The second-order valence-corrected chi connectivity index (χ2v) is 2.04. The quantitative estimate of drug-likeness (QED) is 0.433. The van der Waals surface area contributed by atoms with Gasteiger partial charge in [-0.05, 0) is 12.2 Å². The second-order valence-electron chi connectivity index (χ2n) is 2.04. The Morgan fingerprint density at radius 1 is 1.64 bits per heavy atom. The minimum Gasteiger partial charge on any atom is -0.505 e. The van der Waals surface area contributed by atoms with Gasteiger partial charge in [-0.3, -0.25) is 14.9 Å². The van der Waals surface area contributed by atoms with Crippen LogP contribution in [0.2, 0.25) is 0 Å². The first-order valence-corrected chi connectivity index (χ1v) is 2.87. The lowest BCUT2D eigenvalue weighted by Crippen LogP contribution is -2.31. The summed E-state index contributed by atoms with van der Waals surface area (Å²) in [5, 5.41) is 19.0. The van der Waals surface area contributed by atoms with Crippen LogP contribution in [0.5, 0.6) is 0 Å². The smallest absolute Gasteiger partial charge is 0.329 e. The molecule has 0 saturated carbocycles. The topological polar surface area (TPSA) is 80.4 Å². The van der Waals surface area contributed by atoms with Gasteiger partial charge in [0, 0.05) is 4.92 Å². The lowest BCUT2D eigenvalue weighted by molar-refractivity contribution is -0.501. The molecule has 58 valence electrons. The van der Waals surface area contributed by atoms with E-state index in [0.29, 0.717) is 0 Å². The highest BCUT2D eigenvalue weighted by molar-refractivity contribution is 5.96. The number of hydrogen-bond donors (Lipinski definition) is 1. The molecule has 5 nitrogen and oxygen atoms in total. The summed E-state index contributed by atoms with van der Waals surface area (Å²) in [5.41, 5.74) is 0. The van der Waals surface area contributed by atoms with Crippen LogP contribution in [0, 0.1) is 10.1 Å². The van der Waals surface area contributed by atoms with Crippen LogP contribution in [0.15, 0.2) is 24.0 Å². The summed E-state index contributed by atoms with van der Waals surface area (Å²) in [6, 6.07) is -1.60. The largest absolute Gasteiger partial charge is 0.505 e.